The van der Waals surface area contributed by atoms with Crippen LogP contribution in [0, 0.1) is 0 Å². The summed E-state index contributed by atoms with van der Waals surface area (Å²) in [6.07, 6.45) is -1.46. The Balaban J connectivity index is 2.03. The third-order valence-electron chi connectivity index (χ3n) is 3.33. The van der Waals surface area contributed by atoms with Crippen LogP contribution in [-0.4, -0.2) is 12.7 Å². The van der Waals surface area contributed by atoms with Gasteiger partial charge < -0.3 is 5.32 Å². The van der Waals surface area contributed by atoms with Crippen LogP contribution in [0.3, 0.4) is 0 Å². The molecule has 0 fully saturated rings. The minimum Gasteiger partial charge on any atom is -0.386 e. The van der Waals surface area contributed by atoms with E-state index >= 15 is 0 Å². The molecule has 20 heavy (non-hydrogen) atoms. The smallest absolute Gasteiger partial charge is 0.386 e. The molecule has 1 N–H and O–H groups in total. The van der Waals surface area contributed by atoms with E-state index < -0.39 is 11.7 Å². The van der Waals surface area contributed by atoms with E-state index in [9.17, 15) is 13.2 Å². The maximum atomic E-state index is 12.7. The Labute approximate surface area is 114 Å². The highest BCUT2D eigenvalue weighted by Crippen LogP contribution is 2.31. The number of hydrogen-bond donors (Lipinski definition) is 1. The summed E-state index contributed by atoms with van der Waals surface area (Å²) < 4.78 is 38.2. The van der Waals surface area contributed by atoms with Crippen LogP contribution < -0.4 is 5.32 Å². The van der Waals surface area contributed by atoms with E-state index in [2.05, 4.69) is 5.32 Å². The van der Waals surface area contributed by atoms with Gasteiger partial charge in [-0.05, 0) is 34.1 Å². The van der Waals surface area contributed by atoms with Crippen molar-refractivity contribution in [3.8, 4) is 0 Å². The molecule has 3 rings (SSSR count). The lowest BCUT2D eigenvalue weighted by atomic mass is 9.98. The van der Waals surface area contributed by atoms with Crippen LogP contribution in [0.4, 0.5) is 13.2 Å². The minimum absolute atomic E-state index is 0.180. The van der Waals surface area contributed by atoms with Gasteiger partial charge in [0.05, 0.1) is 5.57 Å². The Morgan fingerprint density at radius 3 is 2.45 bits per heavy atom. The van der Waals surface area contributed by atoms with Gasteiger partial charge in [-0.1, -0.05) is 36.4 Å². The highest BCUT2D eigenvalue weighted by atomic mass is 19.4. The molecule has 2 aromatic carbocycles. The van der Waals surface area contributed by atoms with E-state index in [-0.39, 0.29) is 6.54 Å². The highest BCUT2D eigenvalue weighted by molar-refractivity contribution is 5.88. The summed E-state index contributed by atoms with van der Waals surface area (Å²) in [6.45, 7) is -0.180. The topological polar surface area (TPSA) is 12.0 Å². The van der Waals surface area contributed by atoms with E-state index in [1.54, 1.807) is 6.20 Å². The largest absolute Gasteiger partial charge is 0.414 e. The number of rotatable bonds is 1. The molecule has 0 aliphatic carbocycles. The monoisotopic (exact) mass is 275 g/mol. The minimum atomic E-state index is -4.29. The van der Waals surface area contributed by atoms with E-state index in [1.807, 2.05) is 42.5 Å². The Morgan fingerprint density at radius 2 is 1.70 bits per heavy atom. The molecule has 0 bridgehead atoms. The SMILES string of the molecule is FC(F)(F)C1=CC(c2ccc3ccccc3c2)=CNC1. The first kappa shape index (κ1) is 12.8. The fourth-order valence-electron chi connectivity index (χ4n) is 2.27. The number of halogens is 3. The third-order valence-corrected chi connectivity index (χ3v) is 3.33. The van der Waals surface area contributed by atoms with Crippen LogP contribution in [0.2, 0.25) is 0 Å². The zero-order chi connectivity index (χ0) is 14.2. The van der Waals surface area contributed by atoms with E-state index in [0.29, 0.717) is 5.57 Å². The molecule has 0 amide bonds. The van der Waals surface area contributed by atoms with Gasteiger partial charge in [-0.3, -0.25) is 0 Å². The summed E-state index contributed by atoms with van der Waals surface area (Å²) in [5.41, 5.74) is 0.773. The van der Waals surface area contributed by atoms with Crippen LogP contribution in [0.5, 0.6) is 0 Å². The second kappa shape index (κ2) is 4.71. The van der Waals surface area contributed by atoms with Crippen molar-refractivity contribution in [2.24, 2.45) is 0 Å². The standard InChI is InChI=1S/C16H12F3N/c17-16(18,19)15-8-14(9-20-10-15)13-6-5-11-3-1-2-4-12(11)7-13/h1-9,20H,10H2. The molecular formula is C16H12F3N. The molecule has 0 atom stereocenters. The number of hydrogen-bond acceptors (Lipinski definition) is 1. The third kappa shape index (κ3) is 2.41. The van der Waals surface area contributed by atoms with Crippen molar-refractivity contribution >= 4 is 16.3 Å². The van der Waals surface area contributed by atoms with Gasteiger partial charge >= 0.3 is 6.18 Å². The number of fused-ring (bicyclic) bond motifs is 1. The van der Waals surface area contributed by atoms with E-state index in [1.165, 1.54) is 6.08 Å². The quantitative estimate of drug-likeness (QED) is 0.819. The molecule has 0 saturated heterocycles. The number of dihydropyridines is 1. The predicted octanol–water partition coefficient (Wildman–Crippen LogP) is 4.27. The summed E-state index contributed by atoms with van der Waals surface area (Å²) in [6, 6.07) is 13.4. The van der Waals surface area contributed by atoms with Gasteiger partial charge in [0.25, 0.3) is 0 Å². The van der Waals surface area contributed by atoms with Crippen LogP contribution in [0.25, 0.3) is 16.3 Å². The fourth-order valence-corrected chi connectivity index (χ4v) is 2.27. The second-order valence-corrected chi connectivity index (χ2v) is 4.71. The van der Waals surface area contributed by atoms with Crippen molar-refractivity contribution in [2.45, 2.75) is 6.18 Å². The molecule has 1 nitrogen and oxygen atoms in total. The molecule has 0 spiro atoms. The fraction of sp³-hybridized carbons (Fsp3) is 0.125. The summed E-state index contributed by atoms with van der Waals surface area (Å²) in [4.78, 5) is 0. The summed E-state index contributed by atoms with van der Waals surface area (Å²) >= 11 is 0. The summed E-state index contributed by atoms with van der Waals surface area (Å²) in [7, 11) is 0. The molecular weight excluding hydrogens is 263 g/mol. The number of benzene rings is 2. The van der Waals surface area contributed by atoms with Gasteiger partial charge in [0, 0.05) is 12.7 Å². The summed E-state index contributed by atoms with van der Waals surface area (Å²) in [5.74, 6) is 0. The van der Waals surface area contributed by atoms with E-state index in [4.69, 9.17) is 0 Å². The first-order valence-corrected chi connectivity index (χ1v) is 6.24. The lowest BCUT2D eigenvalue weighted by Crippen LogP contribution is -2.25. The predicted molar refractivity (Wildman–Crippen MR) is 74.1 cm³/mol. The van der Waals surface area contributed by atoms with Gasteiger partial charge in [-0.15, -0.1) is 0 Å². The first-order chi connectivity index (χ1) is 9.54. The normalized spacial score (nSPS) is 15.6. The molecule has 102 valence electrons. The Kier molecular flexibility index (Phi) is 3.01. The first-order valence-electron chi connectivity index (χ1n) is 6.24. The number of nitrogens with one attached hydrogen (secondary N) is 1. The zero-order valence-electron chi connectivity index (χ0n) is 10.5. The number of allylic oxidation sites excluding steroid dienone is 2. The Morgan fingerprint density at radius 1 is 0.950 bits per heavy atom. The molecule has 1 heterocycles. The Bertz CT molecular complexity index is 711. The lowest BCUT2D eigenvalue weighted by molar-refractivity contribution is -0.0927. The molecule has 1 aliphatic heterocycles. The van der Waals surface area contributed by atoms with Crippen LogP contribution in [0.15, 0.2) is 60.3 Å². The van der Waals surface area contributed by atoms with Crippen molar-refractivity contribution < 1.29 is 13.2 Å². The van der Waals surface area contributed by atoms with Crippen molar-refractivity contribution in [3.05, 3.63) is 65.9 Å². The van der Waals surface area contributed by atoms with Gasteiger partial charge in [-0.2, -0.15) is 13.2 Å². The molecule has 4 heteroatoms. The van der Waals surface area contributed by atoms with Gasteiger partial charge in [0.1, 0.15) is 0 Å². The average Bonchev–Trinajstić information content (AvgIpc) is 2.46. The molecule has 0 radical (unpaired) electrons. The summed E-state index contributed by atoms with van der Waals surface area (Å²) in [5, 5.41) is 4.77. The molecule has 2 aromatic rings. The van der Waals surface area contributed by atoms with Crippen LogP contribution in [0.1, 0.15) is 5.56 Å². The maximum Gasteiger partial charge on any atom is 0.414 e. The van der Waals surface area contributed by atoms with Crippen molar-refractivity contribution in [3.63, 3.8) is 0 Å². The van der Waals surface area contributed by atoms with Crippen molar-refractivity contribution in [1.29, 1.82) is 0 Å². The van der Waals surface area contributed by atoms with Gasteiger partial charge in [0.2, 0.25) is 0 Å². The second-order valence-electron chi connectivity index (χ2n) is 4.71. The molecule has 0 unspecified atom stereocenters. The lowest BCUT2D eigenvalue weighted by Gasteiger charge is -2.18. The average molecular weight is 275 g/mol. The van der Waals surface area contributed by atoms with Crippen LogP contribution >= 0.6 is 0 Å². The highest BCUT2D eigenvalue weighted by Gasteiger charge is 2.34. The van der Waals surface area contributed by atoms with Gasteiger partial charge in [0.15, 0.2) is 0 Å². The van der Waals surface area contributed by atoms with Gasteiger partial charge in [-0.25, -0.2) is 0 Å². The zero-order valence-corrected chi connectivity index (χ0v) is 10.5. The molecule has 0 aromatic heterocycles. The maximum absolute atomic E-state index is 12.7. The molecule has 1 aliphatic rings. The molecule has 0 saturated carbocycles. The van der Waals surface area contributed by atoms with Crippen molar-refractivity contribution in [2.75, 3.05) is 6.54 Å². The van der Waals surface area contributed by atoms with E-state index in [0.717, 1.165) is 16.3 Å². The Hall–Kier alpha value is -2.23. The van der Waals surface area contributed by atoms with Crippen molar-refractivity contribution in [1.82, 2.24) is 5.32 Å². The number of alkyl halides is 3. The van der Waals surface area contributed by atoms with Crippen LogP contribution in [-0.2, 0) is 0 Å².